The number of carboxylic acid groups (broad SMARTS) is 1. The van der Waals surface area contributed by atoms with E-state index in [1.807, 2.05) is 0 Å². The molecular weight excluding hydrogens is 464 g/mol. The predicted octanol–water partition coefficient (Wildman–Crippen LogP) is 0.320. The minimum Gasteiger partial charge on any atom is -0.479 e. The first kappa shape index (κ1) is 23.9. The van der Waals surface area contributed by atoms with E-state index in [2.05, 4.69) is 10.6 Å². The molecule has 0 saturated carbocycles. The molecule has 3 N–H and O–H groups in total. The number of carbonyl (C=O) groups excluding carboxylic acids is 4. The van der Waals surface area contributed by atoms with E-state index in [4.69, 9.17) is 4.74 Å². The molecule has 1 aromatic rings. The second kappa shape index (κ2) is 9.92. The van der Waals surface area contributed by atoms with Crippen molar-refractivity contribution in [2.75, 3.05) is 25.4 Å². The number of nitrogens with one attached hydrogen (secondary N) is 2. The Hall–Kier alpha value is -3.28. The molecule has 0 spiro atoms. The highest BCUT2D eigenvalue weighted by Crippen LogP contribution is 2.39. The number of hydrogen-bond acceptors (Lipinski definition) is 7. The van der Waals surface area contributed by atoms with Gasteiger partial charge in [0.25, 0.3) is 12.4 Å². The van der Waals surface area contributed by atoms with E-state index >= 15 is 0 Å². The van der Waals surface area contributed by atoms with Crippen LogP contribution < -0.4 is 10.6 Å². The number of hydrogen-bond donors (Lipinski definition) is 3. The number of fused-ring (bicyclic) bond motifs is 1. The number of piperidine rings is 1. The van der Waals surface area contributed by atoms with Crippen LogP contribution in [0.3, 0.4) is 0 Å². The third-order valence-electron chi connectivity index (χ3n) is 6.31. The molecule has 182 valence electrons. The lowest BCUT2D eigenvalue weighted by molar-refractivity contribution is -0.157. The van der Waals surface area contributed by atoms with Crippen molar-refractivity contribution in [2.24, 2.45) is 0 Å². The number of aliphatic carboxylic acids is 1. The molecule has 0 bridgehead atoms. The fourth-order valence-electron chi connectivity index (χ4n) is 4.42. The van der Waals surface area contributed by atoms with Crippen LogP contribution in [-0.2, 0) is 23.9 Å². The van der Waals surface area contributed by atoms with Crippen molar-refractivity contribution in [3.05, 3.63) is 35.9 Å². The maximum atomic E-state index is 12.8. The number of carboxylic acids is 1. The van der Waals surface area contributed by atoms with Crippen molar-refractivity contribution >= 4 is 42.0 Å². The van der Waals surface area contributed by atoms with Crippen molar-refractivity contribution < 1.29 is 33.8 Å². The molecule has 0 radical (unpaired) electrons. The van der Waals surface area contributed by atoms with E-state index in [9.17, 15) is 29.1 Å². The van der Waals surface area contributed by atoms with Gasteiger partial charge < -0.3 is 30.3 Å². The summed E-state index contributed by atoms with van der Waals surface area (Å²) in [5.41, 5.74) is -1.16. The van der Waals surface area contributed by atoms with Gasteiger partial charge in [-0.3, -0.25) is 14.4 Å². The Morgan fingerprint density at radius 1 is 1.18 bits per heavy atom. The fourth-order valence-corrected chi connectivity index (χ4v) is 5.90. The summed E-state index contributed by atoms with van der Waals surface area (Å²) >= 11 is 1.18. The van der Waals surface area contributed by atoms with Crippen LogP contribution in [0.25, 0.3) is 0 Å². The fraction of sp³-hybridized carbons (Fsp3) is 0.500. The first-order valence-electron chi connectivity index (χ1n) is 11.0. The predicted molar refractivity (Wildman–Crippen MR) is 121 cm³/mol. The molecule has 0 aromatic heterocycles. The Bertz CT molecular complexity index is 971. The van der Waals surface area contributed by atoms with Crippen LogP contribution in [0.4, 0.5) is 4.79 Å². The van der Waals surface area contributed by atoms with Gasteiger partial charge in [-0.1, -0.05) is 30.3 Å². The molecule has 1 aromatic carbocycles. The zero-order valence-electron chi connectivity index (χ0n) is 18.3. The molecule has 12 heteroatoms. The summed E-state index contributed by atoms with van der Waals surface area (Å²) in [4.78, 5) is 64.3. The monoisotopic (exact) mass is 490 g/mol. The summed E-state index contributed by atoms with van der Waals surface area (Å²) in [5.74, 6) is -2.28. The van der Waals surface area contributed by atoms with Crippen molar-refractivity contribution in [2.45, 2.75) is 42.3 Å². The molecule has 3 saturated heterocycles. The van der Waals surface area contributed by atoms with E-state index < -0.39 is 46.9 Å². The Morgan fingerprint density at radius 3 is 2.53 bits per heavy atom. The summed E-state index contributed by atoms with van der Waals surface area (Å²) in [6.07, 6.45) is 1.56. The topological polar surface area (TPSA) is 145 Å². The van der Waals surface area contributed by atoms with Crippen LogP contribution in [0.15, 0.2) is 30.3 Å². The van der Waals surface area contributed by atoms with Gasteiger partial charge in [0.1, 0.15) is 11.4 Å². The number of rotatable bonds is 7. The van der Waals surface area contributed by atoms with Crippen LogP contribution in [0.1, 0.15) is 30.9 Å². The minimum absolute atomic E-state index is 0.0374. The number of β-lactam (4-membered cyclic amide) rings is 1. The van der Waals surface area contributed by atoms with E-state index in [0.29, 0.717) is 18.7 Å². The van der Waals surface area contributed by atoms with Crippen LogP contribution in [-0.4, -0.2) is 87.5 Å². The van der Waals surface area contributed by atoms with Gasteiger partial charge in [-0.2, -0.15) is 0 Å². The van der Waals surface area contributed by atoms with E-state index in [0.717, 1.165) is 19.3 Å². The molecule has 3 aliphatic heterocycles. The highest BCUT2D eigenvalue weighted by molar-refractivity contribution is 8.00. The number of nitrogens with zero attached hydrogens (tertiary/aromatic N) is 2. The second-order valence-corrected chi connectivity index (χ2v) is 9.65. The smallest absolute Gasteiger partial charge is 0.332 e. The molecular formula is C22H26N4O7S. The summed E-state index contributed by atoms with van der Waals surface area (Å²) in [7, 11) is 0. The SMILES string of the molecule is O=COC(C(=O)NC1C(=O)N2CC(NC(=O)N3CCCCC3)(C(=O)O)CS[C@H]12)c1ccccc1. The Labute approximate surface area is 200 Å². The summed E-state index contributed by atoms with van der Waals surface area (Å²) in [6.45, 7) is 1.12. The van der Waals surface area contributed by atoms with Gasteiger partial charge in [0, 0.05) is 24.4 Å². The quantitative estimate of drug-likeness (QED) is 0.366. The lowest BCUT2D eigenvalue weighted by Gasteiger charge is -2.54. The number of thioether (sulfide) groups is 1. The maximum Gasteiger partial charge on any atom is 0.332 e. The van der Waals surface area contributed by atoms with Crippen LogP contribution in [0.2, 0.25) is 0 Å². The Kier molecular flexibility index (Phi) is 6.96. The van der Waals surface area contributed by atoms with Crippen LogP contribution in [0.5, 0.6) is 0 Å². The lowest BCUT2D eigenvalue weighted by Crippen LogP contribution is -2.78. The summed E-state index contributed by atoms with van der Waals surface area (Å²) in [6, 6.07) is 7.07. The van der Waals surface area contributed by atoms with Crippen molar-refractivity contribution in [1.82, 2.24) is 20.4 Å². The van der Waals surface area contributed by atoms with Crippen molar-refractivity contribution in [3.63, 3.8) is 0 Å². The summed E-state index contributed by atoms with van der Waals surface area (Å²) in [5, 5.41) is 14.7. The molecule has 3 heterocycles. The Balaban J connectivity index is 1.41. The highest BCUT2D eigenvalue weighted by Gasteiger charge is 2.58. The number of benzene rings is 1. The largest absolute Gasteiger partial charge is 0.479 e. The number of carbonyl (C=O) groups is 5. The Morgan fingerprint density at radius 2 is 1.88 bits per heavy atom. The molecule has 3 unspecified atom stereocenters. The first-order valence-corrected chi connectivity index (χ1v) is 12.1. The number of likely N-dealkylation sites (tertiary alicyclic amines) is 1. The third-order valence-corrected chi connectivity index (χ3v) is 7.84. The maximum absolute atomic E-state index is 12.8. The molecule has 4 rings (SSSR count). The summed E-state index contributed by atoms with van der Waals surface area (Å²) < 4.78 is 4.94. The van der Waals surface area contributed by atoms with Crippen molar-refractivity contribution in [3.8, 4) is 0 Å². The standard InChI is InChI=1S/C22H26N4O7S/c27-13-33-16(14-7-3-1-4-8-14)17(28)23-15-18(29)26-11-22(20(30)31,12-34-19(15)26)24-21(32)25-9-5-2-6-10-25/h1,3-4,7-8,13,15-16,19H,2,5-6,9-12H2,(H,23,28)(H,24,32)(H,30,31)/t15?,16?,19-,22?/m1/s1. The second-order valence-electron chi connectivity index (χ2n) is 8.54. The van der Waals surface area contributed by atoms with Gasteiger partial charge in [0.2, 0.25) is 12.0 Å². The molecule has 0 aliphatic carbocycles. The van der Waals surface area contributed by atoms with E-state index in [-0.39, 0.29) is 18.8 Å². The van der Waals surface area contributed by atoms with Crippen LogP contribution >= 0.6 is 11.8 Å². The number of urea groups is 1. The zero-order chi connectivity index (χ0) is 24.3. The lowest BCUT2D eigenvalue weighted by atomic mass is 9.96. The van der Waals surface area contributed by atoms with Gasteiger partial charge in [0.15, 0.2) is 5.54 Å². The van der Waals surface area contributed by atoms with Crippen molar-refractivity contribution in [1.29, 1.82) is 0 Å². The van der Waals surface area contributed by atoms with Gasteiger partial charge in [0.05, 0.1) is 6.54 Å². The first-order chi connectivity index (χ1) is 16.4. The average Bonchev–Trinajstić information content (AvgIpc) is 2.86. The van der Waals surface area contributed by atoms with Gasteiger partial charge in [-0.15, -0.1) is 11.8 Å². The molecule has 4 amide bonds. The van der Waals surface area contributed by atoms with Gasteiger partial charge in [-0.25, -0.2) is 9.59 Å². The zero-order valence-corrected chi connectivity index (χ0v) is 19.2. The van der Waals surface area contributed by atoms with Crippen LogP contribution in [0, 0.1) is 0 Å². The minimum atomic E-state index is -1.62. The third kappa shape index (κ3) is 4.54. The number of ether oxygens (including phenoxy) is 1. The molecule has 3 aliphatic rings. The van der Waals surface area contributed by atoms with Gasteiger partial charge >= 0.3 is 12.0 Å². The molecule has 4 atom stereocenters. The number of amides is 4. The average molecular weight is 491 g/mol. The van der Waals surface area contributed by atoms with E-state index in [1.54, 1.807) is 35.2 Å². The molecule has 34 heavy (non-hydrogen) atoms. The van der Waals surface area contributed by atoms with E-state index in [1.165, 1.54) is 16.7 Å². The molecule has 11 nitrogen and oxygen atoms in total. The normalized spacial score (nSPS) is 27.0. The highest BCUT2D eigenvalue weighted by atomic mass is 32.2. The van der Waals surface area contributed by atoms with Gasteiger partial charge in [-0.05, 0) is 19.3 Å². The molecule has 3 fully saturated rings.